The molecule has 1 N–H and O–H groups in total. The highest BCUT2D eigenvalue weighted by Crippen LogP contribution is 2.37. The van der Waals surface area contributed by atoms with Crippen LogP contribution in [0.2, 0.25) is 0 Å². The predicted octanol–water partition coefficient (Wildman–Crippen LogP) is 4.66. The summed E-state index contributed by atoms with van der Waals surface area (Å²) < 4.78 is 13.5. The van der Waals surface area contributed by atoms with Crippen LogP contribution in [-0.4, -0.2) is 43.9 Å². The average molecular weight is 481 g/mol. The second-order valence-corrected chi connectivity index (χ2v) is 8.97. The fourth-order valence-corrected chi connectivity index (χ4v) is 4.89. The van der Waals surface area contributed by atoms with E-state index in [1.54, 1.807) is 6.20 Å². The van der Waals surface area contributed by atoms with Crippen LogP contribution in [0.15, 0.2) is 79.0 Å². The first-order valence-corrected chi connectivity index (χ1v) is 11.9. The Morgan fingerprint density at radius 3 is 2.69 bits per heavy atom. The van der Waals surface area contributed by atoms with Crippen molar-refractivity contribution in [3.8, 4) is 17.3 Å². The number of ether oxygens (including phenoxy) is 2. The zero-order valence-electron chi connectivity index (χ0n) is 19.5. The standard InChI is InChI=1S/C28H24N4O4/c33-27(34)28(11-14-35-15-12-28)21-4-3-5-22(17-21)36-18-19-7-9-24-20(16-19)8-10-25-30-31-26(32(24)25)23-6-1-2-13-29-23/h1-10,13,16-17H,11-12,14-15,18H2,(H,33,34). The molecule has 0 atom stereocenters. The maximum absolute atomic E-state index is 12.2. The highest BCUT2D eigenvalue weighted by molar-refractivity contribution is 5.84. The molecule has 1 fully saturated rings. The van der Waals surface area contributed by atoms with Crippen molar-refractivity contribution in [1.29, 1.82) is 0 Å². The van der Waals surface area contributed by atoms with Gasteiger partial charge in [0.25, 0.3) is 0 Å². The van der Waals surface area contributed by atoms with Crippen molar-refractivity contribution in [3.05, 3.63) is 90.1 Å². The molecule has 3 aromatic heterocycles. The van der Waals surface area contributed by atoms with Crippen LogP contribution in [0, 0.1) is 0 Å². The second-order valence-electron chi connectivity index (χ2n) is 8.97. The second kappa shape index (κ2) is 9.05. The maximum atomic E-state index is 12.2. The molecular formula is C28H24N4O4. The summed E-state index contributed by atoms with van der Waals surface area (Å²) in [5, 5.41) is 19.7. The third-order valence-corrected chi connectivity index (χ3v) is 6.87. The number of nitrogens with zero attached hydrogens (tertiary/aromatic N) is 4. The Kier molecular flexibility index (Phi) is 5.58. The minimum absolute atomic E-state index is 0.357. The quantitative estimate of drug-likeness (QED) is 0.377. The van der Waals surface area contributed by atoms with Crippen molar-refractivity contribution in [3.63, 3.8) is 0 Å². The number of carbonyl (C=O) groups is 1. The Labute approximate surface area is 207 Å². The third-order valence-electron chi connectivity index (χ3n) is 6.87. The monoisotopic (exact) mass is 480 g/mol. The molecule has 4 heterocycles. The SMILES string of the molecule is O=C(O)C1(c2cccc(OCc3ccc4c(ccc5nnc(-c6ccccn6)n54)c3)c2)CCOCC1. The number of pyridine rings is 2. The van der Waals surface area contributed by atoms with Gasteiger partial charge in [-0.05, 0) is 77.9 Å². The van der Waals surface area contributed by atoms with Gasteiger partial charge in [-0.25, -0.2) is 0 Å². The fraction of sp³-hybridized carbons (Fsp3) is 0.214. The predicted molar refractivity (Wildman–Crippen MR) is 134 cm³/mol. The largest absolute Gasteiger partial charge is 0.489 e. The normalized spacial score (nSPS) is 15.2. The number of aliphatic carboxylic acids is 1. The van der Waals surface area contributed by atoms with Gasteiger partial charge in [-0.1, -0.05) is 24.3 Å². The minimum Gasteiger partial charge on any atom is -0.489 e. The van der Waals surface area contributed by atoms with Gasteiger partial charge in [-0.15, -0.1) is 10.2 Å². The van der Waals surface area contributed by atoms with E-state index >= 15 is 0 Å². The Morgan fingerprint density at radius 1 is 1.00 bits per heavy atom. The summed E-state index contributed by atoms with van der Waals surface area (Å²) >= 11 is 0. The molecule has 6 rings (SSSR count). The first kappa shape index (κ1) is 22.2. The highest BCUT2D eigenvalue weighted by Gasteiger charge is 2.42. The molecule has 0 unspecified atom stereocenters. The molecular weight excluding hydrogens is 456 g/mol. The first-order valence-electron chi connectivity index (χ1n) is 11.9. The van der Waals surface area contributed by atoms with Gasteiger partial charge in [-0.3, -0.25) is 14.2 Å². The van der Waals surface area contributed by atoms with Crippen LogP contribution in [-0.2, 0) is 21.6 Å². The lowest BCUT2D eigenvalue weighted by molar-refractivity contribution is -0.147. The molecule has 0 bridgehead atoms. The summed E-state index contributed by atoms with van der Waals surface area (Å²) in [5.74, 6) is 0.520. The molecule has 1 saturated heterocycles. The molecule has 2 aromatic carbocycles. The molecule has 1 aliphatic heterocycles. The van der Waals surface area contributed by atoms with Crippen molar-refractivity contribution in [1.82, 2.24) is 19.6 Å². The van der Waals surface area contributed by atoms with Gasteiger partial charge in [-0.2, -0.15) is 0 Å². The summed E-state index contributed by atoms with van der Waals surface area (Å²) in [4.78, 5) is 16.6. The number of hydrogen-bond acceptors (Lipinski definition) is 6. The smallest absolute Gasteiger partial charge is 0.314 e. The summed E-state index contributed by atoms with van der Waals surface area (Å²) in [6.45, 7) is 1.24. The number of hydrogen-bond donors (Lipinski definition) is 1. The zero-order valence-corrected chi connectivity index (χ0v) is 19.5. The van der Waals surface area contributed by atoms with Crippen molar-refractivity contribution in [2.75, 3.05) is 13.2 Å². The molecule has 0 amide bonds. The van der Waals surface area contributed by atoms with Gasteiger partial charge < -0.3 is 14.6 Å². The van der Waals surface area contributed by atoms with E-state index in [1.165, 1.54) is 0 Å². The third kappa shape index (κ3) is 3.85. The zero-order chi connectivity index (χ0) is 24.5. The van der Waals surface area contributed by atoms with Gasteiger partial charge in [0.2, 0.25) is 0 Å². The number of benzene rings is 2. The van der Waals surface area contributed by atoms with Crippen LogP contribution in [0.3, 0.4) is 0 Å². The van der Waals surface area contributed by atoms with Crippen molar-refractivity contribution in [2.45, 2.75) is 24.9 Å². The van der Waals surface area contributed by atoms with Gasteiger partial charge in [0.1, 0.15) is 18.1 Å². The van der Waals surface area contributed by atoms with Crippen LogP contribution in [0.4, 0.5) is 0 Å². The molecule has 1 aliphatic rings. The molecule has 0 radical (unpaired) electrons. The molecule has 8 nitrogen and oxygen atoms in total. The molecule has 5 aromatic rings. The van der Waals surface area contributed by atoms with Gasteiger partial charge in [0.15, 0.2) is 11.5 Å². The van der Waals surface area contributed by atoms with Crippen molar-refractivity contribution in [2.24, 2.45) is 0 Å². The first-order chi connectivity index (χ1) is 17.6. The van der Waals surface area contributed by atoms with Crippen molar-refractivity contribution < 1.29 is 19.4 Å². The van der Waals surface area contributed by atoms with Crippen LogP contribution < -0.4 is 4.74 Å². The molecule has 180 valence electrons. The van der Waals surface area contributed by atoms with Crippen LogP contribution >= 0.6 is 0 Å². The summed E-state index contributed by atoms with van der Waals surface area (Å²) in [7, 11) is 0. The Balaban J connectivity index is 1.28. The van der Waals surface area contributed by atoms with Crippen molar-refractivity contribution >= 4 is 22.5 Å². The summed E-state index contributed by atoms with van der Waals surface area (Å²) in [6.07, 6.45) is 2.65. The van der Waals surface area contributed by atoms with E-state index in [1.807, 2.05) is 71.1 Å². The number of aromatic nitrogens is 4. The summed E-state index contributed by atoms with van der Waals surface area (Å²) in [5.41, 5.74) is 3.31. The number of carboxylic acids is 1. The number of carboxylic acid groups (broad SMARTS) is 1. The van der Waals surface area contributed by atoms with E-state index in [0.29, 0.717) is 44.2 Å². The van der Waals surface area contributed by atoms with E-state index < -0.39 is 11.4 Å². The van der Waals surface area contributed by atoms with Gasteiger partial charge >= 0.3 is 5.97 Å². The molecule has 0 spiro atoms. The lowest BCUT2D eigenvalue weighted by Gasteiger charge is -2.33. The van der Waals surface area contributed by atoms with E-state index in [2.05, 4.69) is 21.2 Å². The molecule has 36 heavy (non-hydrogen) atoms. The molecule has 8 heteroatoms. The van der Waals surface area contributed by atoms with Crippen LogP contribution in [0.25, 0.3) is 28.1 Å². The minimum atomic E-state index is -0.934. The topological polar surface area (TPSA) is 98.8 Å². The molecule has 0 saturated carbocycles. The summed E-state index contributed by atoms with van der Waals surface area (Å²) in [6, 6.07) is 23.2. The van der Waals surface area contributed by atoms with Gasteiger partial charge in [0, 0.05) is 19.4 Å². The van der Waals surface area contributed by atoms with Crippen LogP contribution in [0.1, 0.15) is 24.0 Å². The number of rotatable bonds is 6. The lowest BCUT2D eigenvalue weighted by Crippen LogP contribution is -2.41. The highest BCUT2D eigenvalue weighted by atomic mass is 16.5. The van der Waals surface area contributed by atoms with Gasteiger partial charge in [0.05, 0.1) is 10.9 Å². The molecule has 0 aliphatic carbocycles. The van der Waals surface area contributed by atoms with E-state index in [9.17, 15) is 9.90 Å². The van der Waals surface area contributed by atoms with E-state index in [-0.39, 0.29) is 0 Å². The Morgan fingerprint density at radius 2 is 1.89 bits per heavy atom. The van der Waals surface area contributed by atoms with E-state index in [0.717, 1.165) is 33.4 Å². The fourth-order valence-electron chi connectivity index (χ4n) is 4.89. The maximum Gasteiger partial charge on any atom is 0.314 e. The Bertz CT molecular complexity index is 1560. The average Bonchev–Trinajstić information content (AvgIpc) is 3.37. The lowest BCUT2D eigenvalue weighted by atomic mass is 9.74. The van der Waals surface area contributed by atoms with E-state index in [4.69, 9.17) is 9.47 Å². The number of fused-ring (bicyclic) bond motifs is 3. The Hall–Kier alpha value is -4.30. The van der Waals surface area contributed by atoms with Crippen LogP contribution in [0.5, 0.6) is 5.75 Å².